The van der Waals surface area contributed by atoms with Crippen molar-refractivity contribution in [3.8, 4) is 0 Å². The molecule has 0 saturated heterocycles. The maximum Gasteiger partial charge on any atom is 0.184 e. The molecule has 0 heterocycles. The summed E-state index contributed by atoms with van der Waals surface area (Å²) in [4.78, 5) is 1.25. The number of thioether (sulfide) groups is 1. The third-order valence-corrected chi connectivity index (χ3v) is 2.90. The predicted octanol–water partition coefficient (Wildman–Crippen LogP) is 2.74. The Morgan fingerprint density at radius 2 is 1.94 bits per heavy atom. The van der Waals surface area contributed by atoms with E-state index in [1.165, 1.54) is 4.90 Å². The van der Waals surface area contributed by atoms with Gasteiger partial charge in [-0.25, -0.2) is 0 Å². The molecule has 3 N–H and O–H groups in total. The molecule has 3 nitrogen and oxygen atoms in total. The first-order valence-corrected chi connectivity index (χ1v) is 6.47. The van der Waals surface area contributed by atoms with Crippen LogP contribution in [0.5, 0.6) is 0 Å². The maximum absolute atomic E-state index is 5.25. The summed E-state index contributed by atoms with van der Waals surface area (Å²) in [5, 5.41) is 4.07. The number of nitrogens with two attached hydrogens (primary N) is 1. The topological polar surface area (TPSA) is 50.4 Å². The second-order valence-electron chi connectivity index (χ2n) is 4.52. The number of nitrogens with zero attached hydrogens (tertiary/aromatic N) is 1. The molecule has 0 saturated carbocycles. The fraction of sp³-hybridized carbons (Fsp3) is 0.333. The fourth-order valence-corrected chi connectivity index (χ4v) is 2.18. The van der Waals surface area contributed by atoms with Crippen LogP contribution in [0.2, 0.25) is 0 Å². The van der Waals surface area contributed by atoms with Crippen molar-refractivity contribution < 1.29 is 0 Å². The average molecular weight is 267 g/mol. The summed E-state index contributed by atoms with van der Waals surface area (Å²) in [7, 11) is 0. The molecule has 0 aliphatic carbocycles. The molecule has 0 amide bonds. The van der Waals surface area contributed by atoms with E-state index in [1.54, 1.807) is 6.21 Å². The zero-order valence-corrected chi connectivity index (χ0v) is 11.9. The zero-order valence-electron chi connectivity index (χ0n) is 10.2. The van der Waals surface area contributed by atoms with Gasteiger partial charge in [0.2, 0.25) is 0 Å². The number of benzene rings is 1. The van der Waals surface area contributed by atoms with Crippen molar-refractivity contribution >= 4 is 35.3 Å². The van der Waals surface area contributed by atoms with Crippen LogP contribution in [-0.2, 0) is 0 Å². The van der Waals surface area contributed by atoms with E-state index in [4.69, 9.17) is 5.73 Å². The Morgan fingerprint density at radius 3 is 2.41 bits per heavy atom. The molecule has 5 heteroatoms. The van der Waals surface area contributed by atoms with E-state index in [-0.39, 0.29) is 9.86 Å². The van der Waals surface area contributed by atoms with E-state index < -0.39 is 0 Å². The molecular weight excluding hydrogens is 250 g/mol. The summed E-state index contributed by atoms with van der Waals surface area (Å²) in [6, 6.07) is 8.19. The molecule has 17 heavy (non-hydrogen) atoms. The molecule has 0 atom stereocenters. The van der Waals surface area contributed by atoms with E-state index in [0.29, 0.717) is 0 Å². The van der Waals surface area contributed by atoms with Gasteiger partial charge in [0.05, 0.1) is 6.21 Å². The van der Waals surface area contributed by atoms with Gasteiger partial charge in [-0.1, -0.05) is 32.9 Å². The second kappa shape index (κ2) is 6.02. The molecule has 0 fully saturated rings. The lowest BCUT2D eigenvalue weighted by molar-refractivity contribution is 0.803. The standard InChI is InChI=1S/C12H17N3S2/c1-12(2,3)17-10-6-4-9(5-7-10)8-14-15-11(13)16/h4-8H,1-3H3,(H3,13,15,16). The van der Waals surface area contributed by atoms with Crippen molar-refractivity contribution in [1.82, 2.24) is 5.43 Å². The van der Waals surface area contributed by atoms with Gasteiger partial charge in [0.15, 0.2) is 5.11 Å². The minimum atomic E-state index is 0.168. The minimum absolute atomic E-state index is 0.168. The van der Waals surface area contributed by atoms with Gasteiger partial charge in [0.25, 0.3) is 0 Å². The van der Waals surface area contributed by atoms with E-state index in [2.05, 4.69) is 55.6 Å². The van der Waals surface area contributed by atoms with Crippen LogP contribution in [0.15, 0.2) is 34.3 Å². The van der Waals surface area contributed by atoms with Gasteiger partial charge in [0.1, 0.15) is 0 Å². The zero-order chi connectivity index (χ0) is 12.9. The Morgan fingerprint density at radius 1 is 1.35 bits per heavy atom. The van der Waals surface area contributed by atoms with Gasteiger partial charge >= 0.3 is 0 Å². The highest BCUT2D eigenvalue weighted by Gasteiger charge is 2.11. The summed E-state index contributed by atoms with van der Waals surface area (Å²) in [5.74, 6) is 0. The SMILES string of the molecule is CC(C)(C)Sc1ccc(C=NNC(N)=S)cc1. The summed E-state index contributed by atoms with van der Waals surface area (Å²) < 4.78 is 0.225. The largest absolute Gasteiger partial charge is 0.375 e. The Hall–Kier alpha value is -1.07. The van der Waals surface area contributed by atoms with Crippen LogP contribution in [0, 0.1) is 0 Å². The number of hydrogen-bond donors (Lipinski definition) is 2. The first-order valence-electron chi connectivity index (χ1n) is 5.24. The van der Waals surface area contributed by atoms with Crippen molar-refractivity contribution in [1.29, 1.82) is 0 Å². The second-order valence-corrected chi connectivity index (χ2v) is 6.86. The van der Waals surface area contributed by atoms with Gasteiger partial charge < -0.3 is 5.73 Å². The third-order valence-electron chi connectivity index (χ3n) is 1.69. The fourth-order valence-electron chi connectivity index (χ4n) is 1.15. The summed E-state index contributed by atoms with van der Waals surface area (Å²) in [6.07, 6.45) is 1.69. The van der Waals surface area contributed by atoms with Crippen molar-refractivity contribution in [2.45, 2.75) is 30.4 Å². The van der Waals surface area contributed by atoms with Crippen molar-refractivity contribution in [2.24, 2.45) is 10.8 Å². The summed E-state index contributed by atoms with van der Waals surface area (Å²) in [6.45, 7) is 6.58. The Bertz CT molecular complexity index is 405. The summed E-state index contributed by atoms with van der Waals surface area (Å²) >= 11 is 6.48. The van der Waals surface area contributed by atoms with Crippen LogP contribution >= 0.6 is 24.0 Å². The lowest BCUT2D eigenvalue weighted by Crippen LogP contribution is -2.23. The molecule has 0 aliphatic heterocycles. The van der Waals surface area contributed by atoms with Gasteiger partial charge in [0, 0.05) is 9.64 Å². The van der Waals surface area contributed by atoms with Crippen molar-refractivity contribution in [2.75, 3.05) is 0 Å². The number of hydrazone groups is 1. The molecule has 1 rings (SSSR count). The predicted molar refractivity (Wildman–Crippen MR) is 79.6 cm³/mol. The Balaban J connectivity index is 2.62. The van der Waals surface area contributed by atoms with Crippen LogP contribution in [0.4, 0.5) is 0 Å². The highest BCUT2D eigenvalue weighted by atomic mass is 32.2. The highest BCUT2D eigenvalue weighted by molar-refractivity contribution is 8.00. The van der Waals surface area contributed by atoms with Gasteiger partial charge in [-0.15, -0.1) is 11.8 Å². The first kappa shape index (κ1) is 14.0. The molecule has 1 aromatic rings. The summed E-state index contributed by atoms with van der Waals surface area (Å²) in [5.41, 5.74) is 8.78. The van der Waals surface area contributed by atoms with Crippen LogP contribution in [0.1, 0.15) is 26.3 Å². The Labute approximate surface area is 112 Å². The lowest BCUT2D eigenvalue weighted by atomic mass is 10.2. The van der Waals surface area contributed by atoms with Crippen LogP contribution in [0.25, 0.3) is 0 Å². The molecule has 0 unspecified atom stereocenters. The van der Waals surface area contributed by atoms with Crippen molar-refractivity contribution in [3.05, 3.63) is 29.8 Å². The number of rotatable bonds is 3. The molecule has 0 spiro atoms. The third kappa shape index (κ3) is 6.28. The van der Waals surface area contributed by atoms with E-state index in [1.807, 2.05) is 23.9 Å². The molecule has 1 aromatic carbocycles. The van der Waals surface area contributed by atoms with Crippen molar-refractivity contribution in [3.63, 3.8) is 0 Å². The smallest absolute Gasteiger partial charge is 0.184 e. The van der Waals surface area contributed by atoms with Gasteiger partial charge in [-0.05, 0) is 29.9 Å². The van der Waals surface area contributed by atoms with E-state index in [0.717, 1.165) is 5.56 Å². The van der Waals surface area contributed by atoms with E-state index >= 15 is 0 Å². The highest BCUT2D eigenvalue weighted by Crippen LogP contribution is 2.31. The normalized spacial score (nSPS) is 11.7. The number of thiocarbonyl (C=S) groups is 1. The quantitative estimate of drug-likeness (QED) is 0.383. The van der Waals surface area contributed by atoms with E-state index in [9.17, 15) is 0 Å². The van der Waals surface area contributed by atoms with Gasteiger partial charge in [-0.3, -0.25) is 5.43 Å². The molecule has 0 radical (unpaired) electrons. The molecule has 0 aliphatic rings. The lowest BCUT2D eigenvalue weighted by Gasteiger charge is -2.17. The Kier molecular flexibility index (Phi) is 4.96. The maximum atomic E-state index is 5.25. The minimum Gasteiger partial charge on any atom is -0.375 e. The van der Waals surface area contributed by atoms with Crippen LogP contribution in [0.3, 0.4) is 0 Å². The molecular formula is C12H17N3S2. The number of hydrogen-bond acceptors (Lipinski definition) is 3. The molecule has 0 aromatic heterocycles. The number of nitrogens with one attached hydrogen (secondary N) is 1. The average Bonchev–Trinajstić information content (AvgIpc) is 2.18. The van der Waals surface area contributed by atoms with Crippen LogP contribution in [-0.4, -0.2) is 16.1 Å². The first-order chi connectivity index (χ1) is 7.87. The monoisotopic (exact) mass is 267 g/mol. The molecule has 0 bridgehead atoms. The van der Waals surface area contributed by atoms with Gasteiger partial charge in [-0.2, -0.15) is 5.10 Å². The van der Waals surface area contributed by atoms with Crippen LogP contribution < -0.4 is 11.2 Å². The molecule has 92 valence electrons.